The van der Waals surface area contributed by atoms with E-state index in [-0.39, 0.29) is 21.6 Å². The lowest BCUT2D eigenvalue weighted by Crippen LogP contribution is -2.12. The van der Waals surface area contributed by atoms with Crippen LogP contribution in [0.2, 0.25) is 10.2 Å². The van der Waals surface area contributed by atoms with Gasteiger partial charge in [-0.3, -0.25) is 10.1 Å². The van der Waals surface area contributed by atoms with Crippen LogP contribution in [0.15, 0.2) is 12.3 Å². The second kappa shape index (κ2) is 5.86. The van der Waals surface area contributed by atoms with E-state index < -0.39 is 0 Å². The van der Waals surface area contributed by atoms with Crippen molar-refractivity contribution in [2.24, 2.45) is 0 Å². The van der Waals surface area contributed by atoms with Crippen molar-refractivity contribution in [3.8, 4) is 0 Å². The lowest BCUT2D eigenvalue weighted by Gasteiger charge is -2.03. The number of aromatic nitrogens is 2. The Bertz CT molecular complexity index is 627. The third kappa shape index (κ3) is 3.23. The average molecular weight is 316 g/mol. The topological polar surface area (TPSA) is 54.9 Å². The largest absolute Gasteiger partial charge is 0.298 e. The zero-order valence-electron chi connectivity index (χ0n) is 10.3. The lowest BCUT2D eigenvalue weighted by atomic mass is 10.2. The predicted octanol–water partition coefficient (Wildman–Crippen LogP) is 3.97. The summed E-state index contributed by atoms with van der Waals surface area (Å²) in [6.07, 6.45) is 2.18. The Morgan fingerprint density at radius 2 is 2.21 bits per heavy atom. The number of nitrogens with one attached hydrogen (secondary N) is 1. The minimum atomic E-state index is -0.342. The highest BCUT2D eigenvalue weighted by Crippen LogP contribution is 2.24. The molecule has 2 heterocycles. The molecule has 0 atom stereocenters. The average Bonchev–Trinajstić information content (AvgIpc) is 2.72. The van der Waals surface area contributed by atoms with Gasteiger partial charge in [-0.2, -0.15) is 0 Å². The third-order valence-corrected chi connectivity index (χ3v) is 3.95. The predicted molar refractivity (Wildman–Crippen MR) is 78.4 cm³/mol. The third-order valence-electron chi connectivity index (χ3n) is 2.51. The molecule has 1 amide bonds. The van der Waals surface area contributed by atoms with Gasteiger partial charge in [-0.15, -0.1) is 11.3 Å². The smallest absolute Gasteiger partial charge is 0.259 e. The Morgan fingerprint density at radius 1 is 1.47 bits per heavy atom. The van der Waals surface area contributed by atoms with E-state index in [0.29, 0.717) is 5.13 Å². The quantitative estimate of drug-likeness (QED) is 0.872. The molecule has 0 aliphatic heterocycles. The summed E-state index contributed by atoms with van der Waals surface area (Å²) in [7, 11) is 0. The van der Waals surface area contributed by atoms with Crippen molar-refractivity contribution in [3.63, 3.8) is 0 Å². The first kappa shape index (κ1) is 14.2. The molecule has 0 radical (unpaired) electrons. The highest BCUT2D eigenvalue weighted by Gasteiger charge is 2.14. The second-order valence-corrected chi connectivity index (χ2v) is 5.81. The summed E-state index contributed by atoms with van der Waals surface area (Å²) >= 11 is 13.1. The molecule has 0 spiro atoms. The molecule has 0 fully saturated rings. The van der Waals surface area contributed by atoms with Crippen LogP contribution in [0.1, 0.15) is 27.9 Å². The van der Waals surface area contributed by atoms with Crippen LogP contribution in [-0.2, 0) is 6.42 Å². The SMILES string of the molecule is CCc1nc(NC(=O)c2cc(Cl)ncc2Cl)sc1C. The van der Waals surface area contributed by atoms with Crippen molar-refractivity contribution >= 4 is 45.6 Å². The molecule has 1 N–H and O–H groups in total. The van der Waals surface area contributed by atoms with Crippen LogP contribution in [0.25, 0.3) is 0 Å². The maximum atomic E-state index is 12.1. The van der Waals surface area contributed by atoms with Crippen molar-refractivity contribution < 1.29 is 4.79 Å². The molecule has 4 nitrogen and oxygen atoms in total. The summed E-state index contributed by atoms with van der Waals surface area (Å²) in [5.41, 5.74) is 1.27. The van der Waals surface area contributed by atoms with Gasteiger partial charge in [0.05, 0.1) is 16.3 Å². The minimum Gasteiger partial charge on any atom is -0.298 e. The van der Waals surface area contributed by atoms with Crippen LogP contribution in [0, 0.1) is 6.92 Å². The van der Waals surface area contributed by atoms with Crippen LogP contribution in [-0.4, -0.2) is 15.9 Å². The molecule has 0 aliphatic carbocycles. The van der Waals surface area contributed by atoms with Gasteiger partial charge in [0.15, 0.2) is 5.13 Å². The van der Waals surface area contributed by atoms with E-state index in [1.54, 1.807) is 0 Å². The summed E-state index contributed by atoms with van der Waals surface area (Å²) in [6.45, 7) is 4.00. The van der Waals surface area contributed by atoms with Crippen molar-refractivity contribution in [2.45, 2.75) is 20.3 Å². The number of pyridine rings is 1. The molecule has 100 valence electrons. The van der Waals surface area contributed by atoms with Crippen LogP contribution in [0.3, 0.4) is 0 Å². The van der Waals surface area contributed by atoms with E-state index in [4.69, 9.17) is 23.2 Å². The van der Waals surface area contributed by atoms with Gasteiger partial charge in [0, 0.05) is 11.1 Å². The van der Waals surface area contributed by atoms with Crippen molar-refractivity contribution in [1.82, 2.24) is 9.97 Å². The summed E-state index contributed by atoms with van der Waals surface area (Å²) in [4.78, 5) is 21.3. The fourth-order valence-electron chi connectivity index (χ4n) is 1.56. The van der Waals surface area contributed by atoms with Gasteiger partial charge in [0.25, 0.3) is 5.91 Å². The number of nitrogens with zero attached hydrogens (tertiary/aromatic N) is 2. The molecule has 2 aromatic heterocycles. The number of halogens is 2. The summed E-state index contributed by atoms with van der Waals surface area (Å²) in [6, 6.07) is 1.43. The highest BCUT2D eigenvalue weighted by molar-refractivity contribution is 7.15. The number of carbonyl (C=O) groups is 1. The van der Waals surface area contributed by atoms with Gasteiger partial charge < -0.3 is 0 Å². The number of aryl methyl sites for hydroxylation is 2. The van der Waals surface area contributed by atoms with Gasteiger partial charge in [-0.25, -0.2) is 9.97 Å². The molecule has 0 aromatic carbocycles. The maximum Gasteiger partial charge on any atom is 0.259 e. The van der Waals surface area contributed by atoms with Crippen molar-refractivity contribution in [3.05, 3.63) is 38.6 Å². The Hall–Kier alpha value is -1.17. The van der Waals surface area contributed by atoms with E-state index in [2.05, 4.69) is 15.3 Å². The van der Waals surface area contributed by atoms with Gasteiger partial charge >= 0.3 is 0 Å². The van der Waals surface area contributed by atoms with E-state index in [1.807, 2.05) is 13.8 Å². The van der Waals surface area contributed by atoms with Crippen LogP contribution in [0.5, 0.6) is 0 Å². The number of amides is 1. The van der Waals surface area contributed by atoms with E-state index >= 15 is 0 Å². The zero-order chi connectivity index (χ0) is 14.0. The van der Waals surface area contributed by atoms with Gasteiger partial charge in [0.2, 0.25) is 0 Å². The maximum absolute atomic E-state index is 12.1. The number of anilines is 1. The molecule has 0 aliphatic rings. The van der Waals surface area contributed by atoms with Crippen LogP contribution >= 0.6 is 34.5 Å². The zero-order valence-corrected chi connectivity index (χ0v) is 12.7. The molecule has 0 saturated heterocycles. The number of carbonyl (C=O) groups excluding carboxylic acids is 1. The number of hydrogen-bond acceptors (Lipinski definition) is 4. The molecule has 0 bridgehead atoms. The molecular weight excluding hydrogens is 305 g/mol. The molecule has 0 saturated carbocycles. The number of hydrogen-bond donors (Lipinski definition) is 1. The number of rotatable bonds is 3. The Kier molecular flexibility index (Phi) is 4.39. The lowest BCUT2D eigenvalue weighted by molar-refractivity contribution is 0.102. The van der Waals surface area contributed by atoms with Crippen molar-refractivity contribution in [2.75, 3.05) is 5.32 Å². The van der Waals surface area contributed by atoms with Crippen LogP contribution in [0.4, 0.5) is 5.13 Å². The molecule has 2 aromatic rings. The Labute approximate surface area is 124 Å². The standard InChI is InChI=1S/C12H11Cl2N3OS/c1-3-9-6(2)19-12(16-9)17-11(18)7-4-10(14)15-5-8(7)13/h4-5H,3H2,1-2H3,(H,16,17,18). The molecule has 19 heavy (non-hydrogen) atoms. The summed E-state index contributed by atoms with van der Waals surface area (Å²) < 4.78 is 0. The molecule has 0 unspecified atom stereocenters. The van der Waals surface area contributed by atoms with Gasteiger partial charge in [-0.1, -0.05) is 30.1 Å². The summed E-state index contributed by atoms with van der Waals surface area (Å²) in [5.74, 6) is -0.342. The molecule has 2 rings (SSSR count). The first-order valence-electron chi connectivity index (χ1n) is 5.60. The fourth-order valence-corrected chi connectivity index (χ4v) is 2.81. The highest BCUT2D eigenvalue weighted by atomic mass is 35.5. The summed E-state index contributed by atoms with van der Waals surface area (Å²) in [5, 5.41) is 3.75. The Balaban J connectivity index is 2.22. The van der Waals surface area contributed by atoms with E-state index in [0.717, 1.165) is 17.0 Å². The molecular formula is C12H11Cl2N3OS. The first-order chi connectivity index (χ1) is 9.01. The van der Waals surface area contributed by atoms with E-state index in [1.165, 1.54) is 23.6 Å². The minimum absolute atomic E-state index is 0.221. The second-order valence-electron chi connectivity index (χ2n) is 3.82. The van der Waals surface area contributed by atoms with Crippen molar-refractivity contribution in [1.29, 1.82) is 0 Å². The fraction of sp³-hybridized carbons (Fsp3) is 0.250. The normalized spacial score (nSPS) is 10.5. The van der Waals surface area contributed by atoms with E-state index in [9.17, 15) is 4.79 Å². The van der Waals surface area contributed by atoms with Gasteiger partial charge in [0.1, 0.15) is 5.15 Å². The van der Waals surface area contributed by atoms with Crippen LogP contribution < -0.4 is 5.32 Å². The number of thiazole rings is 1. The Morgan fingerprint density at radius 3 is 2.84 bits per heavy atom. The van der Waals surface area contributed by atoms with Gasteiger partial charge in [-0.05, 0) is 19.4 Å². The first-order valence-corrected chi connectivity index (χ1v) is 7.17. The molecule has 7 heteroatoms. The monoisotopic (exact) mass is 315 g/mol.